The van der Waals surface area contributed by atoms with Gasteiger partial charge in [-0.3, -0.25) is 0 Å². The third-order valence-electron chi connectivity index (χ3n) is 5.25. The third-order valence-corrected chi connectivity index (χ3v) is 5.56. The number of nitrogen functional groups attached to an aromatic ring is 1. The molecule has 0 aliphatic carbocycles. The molecule has 7 nitrogen and oxygen atoms in total. The van der Waals surface area contributed by atoms with Crippen molar-refractivity contribution < 1.29 is 24.1 Å². The van der Waals surface area contributed by atoms with Crippen molar-refractivity contribution in [1.29, 1.82) is 0 Å². The summed E-state index contributed by atoms with van der Waals surface area (Å²) in [4.78, 5) is 14.8. The summed E-state index contributed by atoms with van der Waals surface area (Å²) in [6.07, 6.45) is 1.82. The van der Waals surface area contributed by atoms with Crippen LogP contribution in [-0.2, 0) is 15.9 Å². The lowest BCUT2D eigenvalue weighted by molar-refractivity contribution is -0.0159. The monoisotopic (exact) mass is 398 g/mol. The van der Waals surface area contributed by atoms with Gasteiger partial charge in [-0.05, 0) is 25.5 Å². The number of hydrogen-bond acceptors (Lipinski definition) is 7. The number of likely N-dealkylation sites (tertiary alicyclic amines) is 1. The number of nitrogens with zero attached hydrogens (tertiary/aromatic N) is 1. The molecule has 2 heterocycles. The van der Waals surface area contributed by atoms with E-state index in [0.29, 0.717) is 48.2 Å². The van der Waals surface area contributed by atoms with Crippen LogP contribution in [0.25, 0.3) is 0 Å². The molecule has 1 aromatic carbocycles. The zero-order valence-corrected chi connectivity index (χ0v) is 16.3. The van der Waals surface area contributed by atoms with Gasteiger partial charge in [-0.25, -0.2) is 4.79 Å². The Morgan fingerprint density at radius 1 is 1.52 bits per heavy atom. The second-order valence-corrected chi connectivity index (χ2v) is 7.49. The number of halogens is 1. The summed E-state index contributed by atoms with van der Waals surface area (Å²) in [7, 11) is 1.68. The number of fused-ring (bicyclic) bond motifs is 1. The van der Waals surface area contributed by atoms with Crippen LogP contribution in [0.1, 0.15) is 28.8 Å². The smallest absolute Gasteiger partial charge is 0.341 e. The molecule has 0 spiro atoms. The largest absolute Gasteiger partial charge is 0.492 e. The molecule has 2 aliphatic rings. The Balaban J connectivity index is 1.55. The number of ether oxygens (including phenoxy) is 3. The summed E-state index contributed by atoms with van der Waals surface area (Å²) in [5, 5.41) is 10.7. The van der Waals surface area contributed by atoms with E-state index in [9.17, 15) is 9.90 Å². The maximum atomic E-state index is 12.5. The van der Waals surface area contributed by atoms with E-state index in [2.05, 4.69) is 4.90 Å². The number of piperidine rings is 1. The van der Waals surface area contributed by atoms with Gasteiger partial charge >= 0.3 is 5.97 Å². The van der Waals surface area contributed by atoms with Crippen LogP contribution in [0.4, 0.5) is 5.69 Å². The van der Waals surface area contributed by atoms with Crippen molar-refractivity contribution in [3.8, 4) is 5.75 Å². The van der Waals surface area contributed by atoms with Crippen molar-refractivity contribution in [2.45, 2.75) is 25.4 Å². The highest BCUT2D eigenvalue weighted by Crippen LogP contribution is 2.39. The maximum absolute atomic E-state index is 12.5. The van der Waals surface area contributed by atoms with Crippen molar-refractivity contribution in [3.05, 3.63) is 22.2 Å². The normalized spacial score (nSPS) is 22.3. The number of carbonyl (C=O) groups excluding carboxylic acids is 1. The van der Waals surface area contributed by atoms with E-state index in [1.807, 2.05) is 0 Å². The topological polar surface area (TPSA) is 94.3 Å². The SMILES string of the molecule is COCCCN1CC[C@H](COC(=O)c2cc(Cl)c(N)c3c2OCC3)[C@@H](O)C1. The Morgan fingerprint density at radius 3 is 3.07 bits per heavy atom. The predicted octanol–water partition coefficient (Wildman–Crippen LogP) is 1.73. The van der Waals surface area contributed by atoms with Crippen LogP contribution in [0, 0.1) is 5.92 Å². The number of nitrogens with two attached hydrogens (primary N) is 1. The van der Waals surface area contributed by atoms with Crippen LogP contribution in [0.2, 0.25) is 5.02 Å². The molecule has 2 atom stereocenters. The first-order chi connectivity index (χ1) is 13.0. The van der Waals surface area contributed by atoms with Crippen LogP contribution >= 0.6 is 11.6 Å². The fraction of sp³-hybridized carbons (Fsp3) is 0.632. The zero-order valence-electron chi connectivity index (χ0n) is 15.6. The van der Waals surface area contributed by atoms with Gasteiger partial charge in [-0.1, -0.05) is 11.6 Å². The molecule has 8 heteroatoms. The Morgan fingerprint density at radius 2 is 2.33 bits per heavy atom. The van der Waals surface area contributed by atoms with Gasteiger partial charge in [0.25, 0.3) is 0 Å². The molecular formula is C19H27ClN2O5. The second-order valence-electron chi connectivity index (χ2n) is 7.09. The zero-order chi connectivity index (χ0) is 19.4. The number of β-amino-alcohol motifs (C(OH)–C–C–N with tert-alkyl or cyclic N) is 1. The van der Waals surface area contributed by atoms with Crippen LogP contribution in [0.3, 0.4) is 0 Å². The minimum Gasteiger partial charge on any atom is -0.492 e. The number of aliphatic hydroxyl groups excluding tert-OH is 1. The van der Waals surface area contributed by atoms with Crippen LogP contribution in [-0.4, -0.2) is 68.6 Å². The lowest BCUT2D eigenvalue weighted by Gasteiger charge is -2.35. The standard InChI is InChI=1S/C19H27ClN2O5/c1-25-7-2-5-22-6-3-12(16(23)10-22)11-27-19(24)14-9-15(20)17(21)13-4-8-26-18(13)14/h9,12,16,23H,2-8,10-11,21H2,1H3/t12-,16+/m1/s1. The lowest BCUT2D eigenvalue weighted by atomic mass is 9.94. The summed E-state index contributed by atoms with van der Waals surface area (Å²) >= 11 is 6.14. The van der Waals surface area contributed by atoms with Gasteiger partial charge in [-0.2, -0.15) is 0 Å². The molecule has 2 aliphatic heterocycles. The number of aliphatic hydroxyl groups is 1. The van der Waals surface area contributed by atoms with Gasteiger partial charge in [0.15, 0.2) is 0 Å². The van der Waals surface area contributed by atoms with Gasteiger partial charge in [0.2, 0.25) is 0 Å². The molecule has 0 saturated carbocycles. The summed E-state index contributed by atoms with van der Waals surface area (Å²) in [5.74, 6) is -0.106. The molecule has 3 N–H and O–H groups in total. The average molecular weight is 399 g/mol. The minimum atomic E-state index is -0.522. The van der Waals surface area contributed by atoms with E-state index in [1.165, 1.54) is 6.07 Å². The maximum Gasteiger partial charge on any atom is 0.341 e. The number of carbonyl (C=O) groups is 1. The number of esters is 1. The number of benzene rings is 1. The van der Waals surface area contributed by atoms with Gasteiger partial charge < -0.3 is 30.0 Å². The first kappa shape index (κ1) is 20.2. The fourth-order valence-corrected chi connectivity index (χ4v) is 3.88. The minimum absolute atomic E-state index is 0.0779. The number of rotatable bonds is 7. The average Bonchev–Trinajstić information content (AvgIpc) is 3.14. The molecule has 1 saturated heterocycles. The molecule has 1 aromatic rings. The molecular weight excluding hydrogens is 372 g/mol. The fourth-order valence-electron chi connectivity index (χ4n) is 3.66. The number of methoxy groups -OCH3 is 1. The van der Waals surface area contributed by atoms with Gasteiger partial charge in [0.1, 0.15) is 11.3 Å². The van der Waals surface area contributed by atoms with Crippen LogP contribution < -0.4 is 10.5 Å². The summed E-state index contributed by atoms with van der Waals surface area (Å²) in [5.41, 5.74) is 7.48. The number of anilines is 1. The van der Waals surface area contributed by atoms with Crippen molar-refractivity contribution in [2.75, 3.05) is 52.3 Å². The molecule has 0 radical (unpaired) electrons. The first-order valence-electron chi connectivity index (χ1n) is 9.31. The van der Waals surface area contributed by atoms with E-state index in [-0.39, 0.29) is 12.5 Å². The molecule has 27 heavy (non-hydrogen) atoms. The van der Waals surface area contributed by atoms with E-state index in [0.717, 1.165) is 31.5 Å². The third kappa shape index (κ3) is 4.66. The van der Waals surface area contributed by atoms with Crippen LogP contribution in [0.5, 0.6) is 5.75 Å². The second kappa shape index (κ2) is 9.10. The summed E-state index contributed by atoms with van der Waals surface area (Å²) in [6, 6.07) is 1.50. The quantitative estimate of drug-likeness (QED) is 0.410. The summed E-state index contributed by atoms with van der Waals surface area (Å²) in [6.45, 7) is 3.70. The Kier molecular flexibility index (Phi) is 6.81. The van der Waals surface area contributed by atoms with Gasteiger partial charge in [0.05, 0.1) is 30.0 Å². The van der Waals surface area contributed by atoms with Crippen molar-refractivity contribution >= 4 is 23.3 Å². The summed E-state index contributed by atoms with van der Waals surface area (Å²) < 4.78 is 16.1. The predicted molar refractivity (Wildman–Crippen MR) is 102 cm³/mol. The molecule has 1 fully saturated rings. The highest BCUT2D eigenvalue weighted by atomic mass is 35.5. The first-order valence-corrected chi connectivity index (χ1v) is 9.69. The molecule has 0 amide bonds. The Labute approximate surface area is 164 Å². The van der Waals surface area contributed by atoms with Crippen LogP contribution in [0.15, 0.2) is 6.07 Å². The van der Waals surface area contributed by atoms with Crippen molar-refractivity contribution in [3.63, 3.8) is 0 Å². The number of hydrogen-bond donors (Lipinski definition) is 2. The van der Waals surface area contributed by atoms with E-state index >= 15 is 0 Å². The van der Waals surface area contributed by atoms with E-state index in [4.69, 9.17) is 31.5 Å². The molecule has 150 valence electrons. The van der Waals surface area contributed by atoms with Gasteiger partial charge in [-0.15, -0.1) is 0 Å². The van der Waals surface area contributed by atoms with Gasteiger partial charge in [0, 0.05) is 44.7 Å². The van der Waals surface area contributed by atoms with E-state index in [1.54, 1.807) is 7.11 Å². The highest BCUT2D eigenvalue weighted by molar-refractivity contribution is 6.33. The molecule has 0 bridgehead atoms. The Hall–Kier alpha value is -1.54. The molecule has 0 aromatic heterocycles. The van der Waals surface area contributed by atoms with Crippen molar-refractivity contribution in [2.24, 2.45) is 5.92 Å². The van der Waals surface area contributed by atoms with E-state index < -0.39 is 12.1 Å². The molecule has 3 rings (SSSR count). The highest BCUT2D eigenvalue weighted by Gasteiger charge is 2.30. The molecule has 0 unspecified atom stereocenters. The Bertz CT molecular complexity index is 685. The lowest BCUT2D eigenvalue weighted by Crippen LogP contribution is -2.45. The van der Waals surface area contributed by atoms with Crippen molar-refractivity contribution in [1.82, 2.24) is 4.90 Å².